The summed E-state index contributed by atoms with van der Waals surface area (Å²) in [6.07, 6.45) is 0. The SMILES string of the molecule is CCOc1ccc(C(=O)NC(C)C(=O)Nc2ccccc2)cc1OCC. The first-order valence-electron chi connectivity index (χ1n) is 8.61. The van der Waals surface area contributed by atoms with Crippen molar-refractivity contribution in [2.24, 2.45) is 0 Å². The summed E-state index contributed by atoms with van der Waals surface area (Å²) in [6, 6.07) is 13.4. The zero-order valence-electron chi connectivity index (χ0n) is 15.2. The number of ether oxygens (including phenoxy) is 2. The van der Waals surface area contributed by atoms with Gasteiger partial charge in [0.05, 0.1) is 13.2 Å². The van der Waals surface area contributed by atoms with Crippen molar-refractivity contribution in [2.75, 3.05) is 18.5 Å². The van der Waals surface area contributed by atoms with Crippen molar-refractivity contribution in [1.82, 2.24) is 5.32 Å². The highest BCUT2D eigenvalue weighted by atomic mass is 16.5. The Bertz CT molecular complexity index is 747. The normalized spacial score (nSPS) is 11.3. The number of carbonyl (C=O) groups is 2. The van der Waals surface area contributed by atoms with Gasteiger partial charge in [0.2, 0.25) is 5.91 Å². The molecule has 0 bridgehead atoms. The van der Waals surface area contributed by atoms with E-state index in [1.54, 1.807) is 37.3 Å². The zero-order chi connectivity index (χ0) is 18.9. The molecule has 2 rings (SSSR count). The topological polar surface area (TPSA) is 76.7 Å². The van der Waals surface area contributed by atoms with Gasteiger partial charge in [-0.1, -0.05) is 18.2 Å². The Morgan fingerprint density at radius 1 is 0.962 bits per heavy atom. The highest BCUT2D eigenvalue weighted by Gasteiger charge is 2.18. The summed E-state index contributed by atoms with van der Waals surface area (Å²) < 4.78 is 11.0. The van der Waals surface area contributed by atoms with E-state index in [2.05, 4.69) is 10.6 Å². The Morgan fingerprint density at radius 3 is 2.27 bits per heavy atom. The van der Waals surface area contributed by atoms with Crippen LogP contribution in [0.15, 0.2) is 48.5 Å². The average Bonchev–Trinajstić information content (AvgIpc) is 2.64. The van der Waals surface area contributed by atoms with E-state index in [0.29, 0.717) is 36.0 Å². The molecule has 6 nitrogen and oxygen atoms in total. The molecule has 0 aliphatic heterocycles. The number of hydrogen-bond donors (Lipinski definition) is 2. The molecule has 1 unspecified atom stereocenters. The quantitative estimate of drug-likeness (QED) is 0.761. The highest BCUT2D eigenvalue weighted by Crippen LogP contribution is 2.28. The van der Waals surface area contributed by atoms with Crippen molar-refractivity contribution in [3.05, 3.63) is 54.1 Å². The number of benzene rings is 2. The Hall–Kier alpha value is -3.02. The lowest BCUT2D eigenvalue weighted by atomic mass is 10.1. The minimum Gasteiger partial charge on any atom is -0.490 e. The standard InChI is InChI=1S/C20H24N2O4/c1-4-25-17-12-11-15(13-18(17)26-5-2)20(24)21-14(3)19(23)22-16-9-7-6-8-10-16/h6-14H,4-5H2,1-3H3,(H,21,24)(H,22,23). The molecule has 0 saturated heterocycles. The first-order valence-corrected chi connectivity index (χ1v) is 8.61. The molecular weight excluding hydrogens is 332 g/mol. The van der Waals surface area contributed by atoms with Crippen LogP contribution >= 0.6 is 0 Å². The van der Waals surface area contributed by atoms with E-state index >= 15 is 0 Å². The van der Waals surface area contributed by atoms with E-state index in [0.717, 1.165) is 0 Å². The van der Waals surface area contributed by atoms with Crippen LogP contribution in [0.1, 0.15) is 31.1 Å². The van der Waals surface area contributed by atoms with Crippen molar-refractivity contribution in [1.29, 1.82) is 0 Å². The number of rotatable bonds is 8. The third-order valence-corrected chi connectivity index (χ3v) is 3.59. The number of amides is 2. The number of anilines is 1. The summed E-state index contributed by atoms with van der Waals surface area (Å²) in [6.45, 7) is 6.33. The number of para-hydroxylation sites is 1. The van der Waals surface area contributed by atoms with E-state index in [9.17, 15) is 9.59 Å². The van der Waals surface area contributed by atoms with Crippen LogP contribution in [-0.2, 0) is 4.79 Å². The molecule has 0 radical (unpaired) electrons. The summed E-state index contributed by atoms with van der Waals surface area (Å²) in [5, 5.41) is 5.45. The molecule has 2 aromatic carbocycles. The Kier molecular flexibility index (Phi) is 7.02. The van der Waals surface area contributed by atoms with E-state index < -0.39 is 6.04 Å². The van der Waals surface area contributed by atoms with Crippen LogP contribution in [-0.4, -0.2) is 31.1 Å². The van der Waals surface area contributed by atoms with E-state index in [1.807, 2.05) is 32.0 Å². The number of hydrogen-bond acceptors (Lipinski definition) is 4. The number of carbonyl (C=O) groups excluding carboxylic acids is 2. The van der Waals surface area contributed by atoms with E-state index in [1.165, 1.54) is 0 Å². The van der Waals surface area contributed by atoms with Gasteiger partial charge in [0.15, 0.2) is 11.5 Å². The fourth-order valence-electron chi connectivity index (χ4n) is 2.31. The Morgan fingerprint density at radius 2 is 1.62 bits per heavy atom. The molecule has 26 heavy (non-hydrogen) atoms. The average molecular weight is 356 g/mol. The lowest BCUT2D eigenvalue weighted by Crippen LogP contribution is -2.41. The molecule has 0 heterocycles. The fourth-order valence-corrected chi connectivity index (χ4v) is 2.31. The molecule has 138 valence electrons. The molecule has 1 atom stereocenters. The van der Waals surface area contributed by atoms with Gasteiger partial charge in [0.25, 0.3) is 5.91 Å². The fraction of sp³-hybridized carbons (Fsp3) is 0.300. The molecule has 0 aliphatic rings. The predicted octanol–water partition coefficient (Wildman–Crippen LogP) is 3.24. The summed E-state index contributed by atoms with van der Waals surface area (Å²) in [5.41, 5.74) is 1.08. The first-order chi connectivity index (χ1) is 12.5. The minimum absolute atomic E-state index is 0.291. The Labute approximate surface area is 153 Å². The van der Waals surface area contributed by atoms with E-state index in [4.69, 9.17) is 9.47 Å². The van der Waals surface area contributed by atoms with Gasteiger partial charge in [-0.15, -0.1) is 0 Å². The molecule has 2 aromatic rings. The zero-order valence-corrected chi connectivity index (χ0v) is 15.2. The summed E-state index contributed by atoms with van der Waals surface area (Å²) in [7, 11) is 0. The third kappa shape index (κ3) is 5.24. The van der Waals surface area contributed by atoms with Gasteiger partial charge in [0.1, 0.15) is 6.04 Å². The highest BCUT2D eigenvalue weighted by molar-refractivity contribution is 6.01. The second-order valence-electron chi connectivity index (χ2n) is 5.58. The molecule has 0 aromatic heterocycles. The minimum atomic E-state index is -0.690. The molecule has 2 amide bonds. The van der Waals surface area contributed by atoms with E-state index in [-0.39, 0.29) is 11.8 Å². The van der Waals surface area contributed by atoms with Gasteiger partial charge < -0.3 is 20.1 Å². The van der Waals surface area contributed by atoms with Gasteiger partial charge in [-0.05, 0) is 51.1 Å². The largest absolute Gasteiger partial charge is 0.490 e. The smallest absolute Gasteiger partial charge is 0.252 e. The van der Waals surface area contributed by atoms with Crippen molar-refractivity contribution in [3.8, 4) is 11.5 Å². The molecule has 0 aliphatic carbocycles. The van der Waals surface area contributed by atoms with Crippen LogP contribution in [0.25, 0.3) is 0 Å². The van der Waals surface area contributed by atoms with Crippen molar-refractivity contribution >= 4 is 17.5 Å². The molecular formula is C20H24N2O4. The van der Waals surface area contributed by atoms with Crippen LogP contribution in [0.3, 0.4) is 0 Å². The summed E-state index contributed by atoms with van der Waals surface area (Å²) in [4.78, 5) is 24.7. The number of nitrogens with one attached hydrogen (secondary N) is 2. The van der Waals surface area contributed by atoms with Crippen LogP contribution in [0.5, 0.6) is 11.5 Å². The van der Waals surface area contributed by atoms with Crippen LogP contribution in [0, 0.1) is 0 Å². The van der Waals surface area contributed by atoms with Gasteiger partial charge >= 0.3 is 0 Å². The summed E-state index contributed by atoms with van der Waals surface area (Å²) >= 11 is 0. The maximum atomic E-state index is 12.5. The van der Waals surface area contributed by atoms with Crippen molar-refractivity contribution in [3.63, 3.8) is 0 Å². The molecule has 0 spiro atoms. The second kappa shape index (κ2) is 9.46. The lowest BCUT2D eigenvalue weighted by molar-refractivity contribution is -0.117. The summed E-state index contributed by atoms with van der Waals surface area (Å²) in [5.74, 6) is 0.439. The van der Waals surface area contributed by atoms with Crippen LogP contribution < -0.4 is 20.1 Å². The maximum absolute atomic E-state index is 12.5. The van der Waals surface area contributed by atoms with Crippen molar-refractivity contribution < 1.29 is 19.1 Å². The molecule has 6 heteroatoms. The van der Waals surface area contributed by atoms with Gasteiger partial charge in [-0.2, -0.15) is 0 Å². The van der Waals surface area contributed by atoms with Crippen molar-refractivity contribution in [2.45, 2.75) is 26.8 Å². The maximum Gasteiger partial charge on any atom is 0.252 e. The lowest BCUT2D eigenvalue weighted by Gasteiger charge is -2.16. The third-order valence-electron chi connectivity index (χ3n) is 3.59. The monoisotopic (exact) mass is 356 g/mol. The molecule has 0 fully saturated rings. The molecule has 2 N–H and O–H groups in total. The molecule has 0 saturated carbocycles. The van der Waals surface area contributed by atoms with Crippen LogP contribution in [0.2, 0.25) is 0 Å². The van der Waals surface area contributed by atoms with Gasteiger partial charge in [-0.3, -0.25) is 9.59 Å². The predicted molar refractivity (Wildman–Crippen MR) is 101 cm³/mol. The van der Waals surface area contributed by atoms with Gasteiger partial charge in [-0.25, -0.2) is 0 Å². The van der Waals surface area contributed by atoms with Crippen LogP contribution in [0.4, 0.5) is 5.69 Å². The first kappa shape index (κ1) is 19.3. The second-order valence-corrected chi connectivity index (χ2v) is 5.58. The Balaban J connectivity index is 2.03. The van der Waals surface area contributed by atoms with Gasteiger partial charge in [0, 0.05) is 11.3 Å².